The van der Waals surface area contributed by atoms with Gasteiger partial charge in [0.2, 0.25) is 0 Å². The van der Waals surface area contributed by atoms with Crippen LogP contribution < -0.4 is 10.6 Å². The number of halogens is 1. The van der Waals surface area contributed by atoms with Crippen LogP contribution in [0, 0.1) is 15.9 Å². The van der Waals surface area contributed by atoms with E-state index in [9.17, 15) is 14.5 Å². The van der Waals surface area contributed by atoms with Gasteiger partial charge in [0, 0.05) is 13.1 Å². The number of hydrogen-bond donors (Lipinski definition) is 2. The molecule has 0 radical (unpaired) electrons. The van der Waals surface area contributed by atoms with Crippen LogP contribution in [0.25, 0.3) is 0 Å². The summed E-state index contributed by atoms with van der Waals surface area (Å²) in [6, 6.07) is 7.94. The van der Waals surface area contributed by atoms with Crippen molar-refractivity contribution in [2.45, 2.75) is 13.8 Å². The minimum Gasteiger partial charge on any atom is -0.367 e. The molecule has 1 aromatic carbocycles. The lowest BCUT2D eigenvalue weighted by molar-refractivity contribution is -0.404. The van der Waals surface area contributed by atoms with Crippen LogP contribution in [0.5, 0.6) is 0 Å². The van der Waals surface area contributed by atoms with Crippen LogP contribution in [0.1, 0.15) is 13.8 Å². The normalized spacial score (nSPS) is 8.61. The highest BCUT2D eigenvalue weighted by molar-refractivity contribution is 5.02. The number of hydrogen-bond acceptors (Lipinski definition) is 4. The van der Waals surface area contributed by atoms with Crippen molar-refractivity contribution in [1.29, 1.82) is 0 Å². The van der Waals surface area contributed by atoms with Crippen LogP contribution in [-0.2, 0) is 0 Å². The van der Waals surface area contributed by atoms with Gasteiger partial charge in [-0.3, -0.25) is 10.1 Å². The molecular weight excluding hydrogens is 237 g/mol. The SMILES string of the molecule is CCNC(=C[N+](=O)[O-])NCC.Fc1ccccc1. The predicted molar refractivity (Wildman–Crippen MR) is 68.8 cm³/mol. The third-order valence-electron chi connectivity index (χ3n) is 1.70. The van der Waals surface area contributed by atoms with Crippen molar-refractivity contribution in [2.24, 2.45) is 0 Å². The summed E-state index contributed by atoms with van der Waals surface area (Å²) in [4.78, 5) is 9.52. The molecule has 0 aromatic heterocycles. The van der Waals surface area contributed by atoms with Crippen LogP contribution in [0.2, 0.25) is 0 Å². The molecule has 0 fully saturated rings. The standard InChI is InChI=1S/C6H5F.C6H13N3O2/c7-6-4-2-1-3-5-6;1-3-7-6(8-4-2)5-9(10)11/h1-5H;5,7-8H,3-4H2,1-2H3. The molecule has 0 saturated carbocycles. The molecule has 0 spiro atoms. The maximum Gasteiger partial charge on any atom is 0.274 e. The van der Waals surface area contributed by atoms with Gasteiger partial charge in [-0.25, -0.2) is 4.39 Å². The van der Waals surface area contributed by atoms with Gasteiger partial charge in [0.25, 0.3) is 6.20 Å². The Morgan fingerprint density at radius 3 is 2.06 bits per heavy atom. The smallest absolute Gasteiger partial charge is 0.274 e. The molecule has 0 bridgehead atoms. The molecule has 1 aromatic rings. The Kier molecular flexibility index (Phi) is 8.89. The van der Waals surface area contributed by atoms with Crippen LogP contribution >= 0.6 is 0 Å². The molecule has 0 aliphatic heterocycles. The lowest BCUT2D eigenvalue weighted by atomic mass is 10.4. The average molecular weight is 255 g/mol. The molecule has 0 unspecified atom stereocenters. The summed E-state index contributed by atoms with van der Waals surface area (Å²) < 4.78 is 11.9. The van der Waals surface area contributed by atoms with Crippen LogP contribution in [0.3, 0.4) is 0 Å². The number of nitrogens with zero attached hydrogens (tertiary/aromatic N) is 1. The molecule has 0 saturated heterocycles. The fourth-order valence-electron chi connectivity index (χ4n) is 1.05. The van der Waals surface area contributed by atoms with E-state index in [4.69, 9.17) is 0 Å². The van der Waals surface area contributed by atoms with Gasteiger partial charge >= 0.3 is 0 Å². The molecule has 1 rings (SSSR count). The molecule has 0 aliphatic carbocycles. The van der Waals surface area contributed by atoms with Gasteiger partial charge in [-0.2, -0.15) is 0 Å². The Bertz CT molecular complexity index is 361. The number of benzene rings is 1. The third-order valence-corrected chi connectivity index (χ3v) is 1.70. The second kappa shape index (κ2) is 10.1. The lowest BCUT2D eigenvalue weighted by Crippen LogP contribution is -2.26. The summed E-state index contributed by atoms with van der Waals surface area (Å²) in [6.07, 6.45) is 0.924. The first-order valence-corrected chi connectivity index (χ1v) is 5.63. The van der Waals surface area contributed by atoms with Gasteiger partial charge in [0.05, 0.1) is 4.92 Å². The van der Waals surface area contributed by atoms with Gasteiger partial charge < -0.3 is 10.6 Å². The fourth-order valence-corrected chi connectivity index (χ4v) is 1.05. The highest BCUT2D eigenvalue weighted by atomic mass is 19.1. The first-order valence-electron chi connectivity index (χ1n) is 5.63. The molecule has 0 aliphatic rings. The maximum absolute atomic E-state index is 11.9. The molecule has 0 atom stereocenters. The van der Waals surface area contributed by atoms with Crippen LogP contribution in [-0.4, -0.2) is 18.0 Å². The van der Waals surface area contributed by atoms with Crippen molar-refractivity contribution in [1.82, 2.24) is 10.6 Å². The van der Waals surface area contributed by atoms with E-state index in [1.807, 2.05) is 13.8 Å². The van der Waals surface area contributed by atoms with Crippen molar-refractivity contribution >= 4 is 0 Å². The topological polar surface area (TPSA) is 67.2 Å². The third kappa shape index (κ3) is 9.14. The quantitative estimate of drug-likeness (QED) is 0.624. The van der Waals surface area contributed by atoms with E-state index in [0.29, 0.717) is 18.9 Å². The number of nitrogens with one attached hydrogen (secondary N) is 2. The Balaban J connectivity index is 0.000000351. The summed E-state index contributed by atoms with van der Waals surface area (Å²) in [5, 5.41) is 15.7. The van der Waals surface area contributed by atoms with Gasteiger partial charge in [0.1, 0.15) is 5.82 Å². The van der Waals surface area contributed by atoms with Crippen molar-refractivity contribution in [3.05, 3.63) is 58.3 Å². The van der Waals surface area contributed by atoms with E-state index in [1.54, 1.807) is 18.2 Å². The molecule has 100 valence electrons. The first-order chi connectivity index (χ1) is 8.60. The van der Waals surface area contributed by atoms with Crippen molar-refractivity contribution in [3.63, 3.8) is 0 Å². The number of nitro groups is 1. The second-order valence-corrected chi connectivity index (χ2v) is 3.18. The minimum atomic E-state index is -0.485. The van der Waals surface area contributed by atoms with E-state index >= 15 is 0 Å². The van der Waals surface area contributed by atoms with Crippen molar-refractivity contribution in [2.75, 3.05) is 13.1 Å². The Hall–Kier alpha value is -2.11. The fraction of sp³-hybridized carbons (Fsp3) is 0.333. The van der Waals surface area contributed by atoms with Gasteiger partial charge in [-0.05, 0) is 26.0 Å². The predicted octanol–water partition coefficient (Wildman–Crippen LogP) is 2.11. The Labute approximate surface area is 106 Å². The second-order valence-electron chi connectivity index (χ2n) is 3.18. The molecule has 0 heterocycles. The summed E-state index contributed by atoms with van der Waals surface area (Å²) in [5.74, 6) is 0.280. The Morgan fingerprint density at radius 2 is 1.78 bits per heavy atom. The summed E-state index contributed by atoms with van der Waals surface area (Å²) in [7, 11) is 0. The molecule has 6 heteroatoms. The highest BCUT2D eigenvalue weighted by Crippen LogP contribution is 1.91. The molecule has 0 amide bonds. The lowest BCUT2D eigenvalue weighted by Gasteiger charge is -2.05. The zero-order chi connectivity index (χ0) is 13.8. The Morgan fingerprint density at radius 1 is 1.28 bits per heavy atom. The summed E-state index contributed by atoms with van der Waals surface area (Å²) in [5.41, 5.74) is 0. The zero-order valence-corrected chi connectivity index (χ0v) is 10.5. The molecular formula is C12H18FN3O2. The zero-order valence-electron chi connectivity index (χ0n) is 10.5. The van der Waals surface area contributed by atoms with Crippen molar-refractivity contribution in [3.8, 4) is 0 Å². The van der Waals surface area contributed by atoms with Gasteiger partial charge in [0.15, 0.2) is 5.82 Å². The largest absolute Gasteiger partial charge is 0.367 e. The van der Waals surface area contributed by atoms with Gasteiger partial charge in [-0.15, -0.1) is 0 Å². The highest BCUT2D eigenvalue weighted by Gasteiger charge is 1.97. The monoisotopic (exact) mass is 255 g/mol. The summed E-state index contributed by atoms with van der Waals surface area (Å²) in [6.45, 7) is 5.11. The van der Waals surface area contributed by atoms with E-state index in [-0.39, 0.29) is 5.82 Å². The summed E-state index contributed by atoms with van der Waals surface area (Å²) >= 11 is 0. The maximum atomic E-state index is 11.9. The van der Waals surface area contributed by atoms with E-state index in [0.717, 1.165) is 6.20 Å². The molecule has 2 N–H and O–H groups in total. The van der Waals surface area contributed by atoms with E-state index < -0.39 is 4.92 Å². The van der Waals surface area contributed by atoms with Crippen molar-refractivity contribution < 1.29 is 9.31 Å². The first kappa shape index (κ1) is 15.9. The van der Waals surface area contributed by atoms with E-state index in [2.05, 4.69) is 10.6 Å². The molecule has 18 heavy (non-hydrogen) atoms. The van der Waals surface area contributed by atoms with Crippen LogP contribution in [0.4, 0.5) is 4.39 Å². The van der Waals surface area contributed by atoms with Crippen LogP contribution in [0.15, 0.2) is 42.4 Å². The van der Waals surface area contributed by atoms with E-state index in [1.165, 1.54) is 12.1 Å². The molecule has 5 nitrogen and oxygen atoms in total. The number of rotatable bonds is 5. The minimum absolute atomic E-state index is 0.178. The average Bonchev–Trinajstić information content (AvgIpc) is 2.30. The van der Waals surface area contributed by atoms with Gasteiger partial charge in [-0.1, -0.05) is 18.2 Å².